The van der Waals surface area contributed by atoms with Crippen LogP contribution in [0.25, 0.3) is 6.08 Å². The van der Waals surface area contributed by atoms with Crippen LogP contribution in [-0.2, 0) is 4.79 Å². The van der Waals surface area contributed by atoms with Crippen LogP contribution in [0.1, 0.15) is 22.8 Å². The van der Waals surface area contributed by atoms with Crippen LogP contribution >= 0.6 is 11.6 Å². The molecule has 0 aliphatic heterocycles. The van der Waals surface area contributed by atoms with Gasteiger partial charge in [0.2, 0.25) is 5.91 Å². The number of hydrogen-bond acceptors (Lipinski definition) is 3. The largest absolute Gasteiger partial charge is 0.387 e. The van der Waals surface area contributed by atoms with Crippen LogP contribution in [0.5, 0.6) is 0 Å². The number of carbonyl (C=O) groups excluding carboxylic acids is 1. The highest BCUT2D eigenvalue weighted by atomic mass is 35.5. The third-order valence-electron chi connectivity index (χ3n) is 3.17. The van der Waals surface area contributed by atoms with Crippen LogP contribution in [0.15, 0.2) is 54.6 Å². The molecule has 0 aliphatic rings. The van der Waals surface area contributed by atoms with E-state index in [0.717, 1.165) is 5.56 Å². The molecule has 5 heteroatoms. The molecule has 23 heavy (non-hydrogen) atoms. The van der Waals surface area contributed by atoms with Crippen molar-refractivity contribution >= 4 is 23.6 Å². The van der Waals surface area contributed by atoms with Gasteiger partial charge in [0, 0.05) is 17.6 Å². The third kappa shape index (κ3) is 5.26. The van der Waals surface area contributed by atoms with Gasteiger partial charge in [-0.3, -0.25) is 4.79 Å². The third-order valence-corrected chi connectivity index (χ3v) is 3.42. The van der Waals surface area contributed by atoms with E-state index in [1.54, 1.807) is 54.6 Å². The number of hydrogen-bond donors (Lipinski definition) is 2. The minimum Gasteiger partial charge on any atom is -0.387 e. The summed E-state index contributed by atoms with van der Waals surface area (Å²) in [5.74, 6) is -0.319. The van der Waals surface area contributed by atoms with Crippen molar-refractivity contribution in [3.05, 3.63) is 76.3 Å². The van der Waals surface area contributed by atoms with Crippen LogP contribution in [-0.4, -0.2) is 17.6 Å². The average Bonchev–Trinajstić information content (AvgIpc) is 2.58. The van der Waals surface area contributed by atoms with Gasteiger partial charge in [-0.25, -0.2) is 0 Å². The van der Waals surface area contributed by atoms with Gasteiger partial charge in [0.25, 0.3) is 0 Å². The summed E-state index contributed by atoms with van der Waals surface area (Å²) in [6.07, 6.45) is 2.18. The first-order valence-corrected chi connectivity index (χ1v) is 7.36. The van der Waals surface area contributed by atoms with Crippen LogP contribution in [0.3, 0.4) is 0 Å². The van der Waals surface area contributed by atoms with E-state index < -0.39 is 6.10 Å². The molecule has 0 aliphatic carbocycles. The van der Waals surface area contributed by atoms with Crippen LogP contribution < -0.4 is 5.32 Å². The lowest BCUT2D eigenvalue weighted by atomic mass is 10.1. The molecule has 0 fully saturated rings. The molecule has 1 amide bonds. The molecule has 0 aromatic heterocycles. The topological polar surface area (TPSA) is 73.1 Å². The fourth-order valence-electron chi connectivity index (χ4n) is 1.94. The van der Waals surface area contributed by atoms with Gasteiger partial charge in [0.1, 0.15) is 0 Å². The van der Waals surface area contributed by atoms with Crippen LogP contribution in [0.2, 0.25) is 5.02 Å². The van der Waals surface area contributed by atoms with Gasteiger partial charge in [-0.2, -0.15) is 5.26 Å². The zero-order chi connectivity index (χ0) is 16.7. The zero-order valence-electron chi connectivity index (χ0n) is 12.2. The van der Waals surface area contributed by atoms with Gasteiger partial charge in [-0.05, 0) is 41.5 Å². The summed E-state index contributed by atoms with van der Waals surface area (Å²) in [6.45, 7) is 0.100. The van der Waals surface area contributed by atoms with Crippen molar-refractivity contribution in [2.75, 3.05) is 6.54 Å². The molecule has 116 valence electrons. The molecule has 0 radical (unpaired) electrons. The maximum atomic E-state index is 11.8. The molecule has 0 heterocycles. The molecule has 2 aromatic rings. The van der Waals surface area contributed by atoms with Crippen molar-refractivity contribution in [2.24, 2.45) is 0 Å². The highest BCUT2D eigenvalue weighted by Gasteiger charge is 2.08. The molecule has 1 unspecified atom stereocenters. The van der Waals surface area contributed by atoms with E-state index in [-0.39, 0.29) is 12.5 Å². The van der Waals surface area contributed by atoms with Crippen LogP contribution in [0.4, 0.5) is 0 Å². The van der Waals surface area contributed by atoms with E-state index in [9.17, 15) is 9.90 Å². The summed E-state index contributed by atoms with van der Waals surface area (Å²) < 4.78 is 0. The molecule has 2 aromatic carbocycles. The lowest BCUT2D eigenvalue weighted by molar-refractivity contribution is -0.116. The van der Waals surface area contributed by atoms with Gasteiger partial charge in [0.15, 0.2) is 0 Å². The second-order valence-electron chi connectivity index (χ2n) is 4.88. The number of nitrogens with zero attached hydrogens (tertiary/aromatic N) is 1. The van der Waals surface area contributed by atoms with Gasteiger partial charge >= 0.3 is 0 Å². The van der Waals surface area contributed by atoms with Crippen molar-refractivity contribution in [1.82, 2.24) is 5.32 Å². The number of nitriles is 1. The summed E-state index contributed by atoms with van der Waals surface area (Å²) in [5.41, 5.74) is 1.98. The van der Waals surface area contributed by atoms with E-state index in [2.05, 4.69) is 5.32 Å². The molecular weight excluding hydrogens is 312 g/mol. The predicted octanol–water partition coefficient (Wildman–Crippen LogP) is 3.07. The van der Waals surface area contributed by atoms with Gasteiger partial charge in [-0.1, -0.05) is 35.9 Å². The Morgan fingerprint density at radius 3 is 2.74 bits per heavy atom. The Bertz CT molecular complexity index is 748. The van der Waals surface area contributed by atoms with E-state index in [4.69, 9.17) is 16.9 Å². The fraction of sp³-hybridized carbons (Fsp3) is 0.111. The number of halogens is 1. The fourth-order valence-corrected chi connectivity index (χ4v) is 2.07. The Morgan fingerprint density at radius 1 is 1.30 bits per heavy atom. The molecule has 2 rings (SSSR count). The van der Waals surface area contributed by atoms with Crippen LogP contribution in [0, 0.1) is 11.3 Å². The first-order valence-electron chi connectivity index (χ1n) is 6.98. The first-order chi connectivity index (χ1) is 11.1. The van der Waals surface area contributed by atoms with E-state index in [1.165, 1.54) is 6.08 Å². The second-order valence-corrected chi connectivity index (χ2v) is 5.32. The summed E-state index contributed by atoms with van der Waals surface area (Å²) in [5, 5.41) is 22.0. The van der Waals surface area contributed by atoms with Crippen molar-refractivity contribution in [1.29, 1.82) is 5.26 Å². The molecule has 4 nitrogen and oxygen atoms in total. The minimum absolute atomic E-state index is 0.100. The quantitative estimate of drug-likeness (QED) is 0.829. The Labute approximate surface area is 139 Å². The van der Waals surface area contributed by atoms with Crippen molar-refractivity contribution in [3.8, 4) is 6.07 Å². The second kappa shape index (κ2) is 8.14. The van der Waals surface area contributed by atoms with Crippen molar-refractivity contribution in [3.63, 3.8) is 0 Å². The molecule has 0 saturated carbocycles. The van der Waals surface area contributed by atoms with Gasteiger partial charge < -0.3 is 10.4 Å². The Balaban J connectivity index is 1.88. The Kier molecular flexibility index (Phi) is 5.93. The maximum absolute atomic E-state index is 11.8. The Morgan fingerprint density at radius 2 is 2.04 bits per heavy atom. The SMILES string of the molecule is N#Cc1cccc(/C=C/C(=O)NCC(O)c2ccc(Cl)cc2)c1. The molecule has 2 N–H and O–H groups in total. The number of nitrogens with one attached hydrogen (secondary N) is 1. The number of benzene rings is 2. The molecular formula is C18H15ClN2O2. The number of amides is 1. The number of carbonyl (C=O) groups is 1. The molecule has 1 atom stereocenters. The lowest BCUT2D eigenvalue weighted by Gasteiger charge is -2.11. The summed E-state index contributed by atoms with van der Waals surface area (Å²) in [6, 6.07) is 15.8. The monoisotopic (exact) mass is 326 g/mol. The summed E-state index contributed by atoms with van der Waals surface area (Å²) in [7, 11) is 0. The predicted molar refractivity (Wildman–Crippen MR) is 89.6 cm³/mol. The standard InChI is InChI=1S/C18H15ClN2O2/c19-16-7-5-15(6-8-16)17(22)12-21-18(23)9-4-13-2-1-3-14(10-13)11-20/h1-10,17,22H,12H2,(H,21,23)/b9-4+. The zero-order valence-corrected chi connectivity index (χ0v) is 13.0. The van der Waals surface area contributed by atoms with E-state index >= 15 is 0 Å². The highest BCUT2D eigenvalue weighted by Crippen LogP contribution is 2.15. The number of aliphatic hydroxyl groups excluding tert-OH is 1. The first kappa shape index (κ1) is 16.8. The van der Waals surface area contributed by atoms with Gasteiger partial charge in [0.05, 0.1) is 17.7 Å². The van der Waals surface area contributed by atoms with Crippen molar-refractivity contribution < 1.29 is 9.90 Å². The minimum atomic E-state index is -0.800. The Hall–Kier alpha value is -2.61. The van der Waals surface area contributed by atoms with Gasteiger partial charge in [-0.15, -0.1) is 0 Å². The number of rotatable bonds is 5. The lowest BCUT2D eigenvalue weighted by Crippen LogP contribution is -2.26. The summed E-state index contributed by atoms with van der Waals surface area (Å²) in [4.78, 5) is 11.8. The van der Waals surface area contributed by atoms with Crippen molar-refractivity contribution in [2.45, 2.75) is 6.10 Å². The molecule has 0 saturated heterocycles. The van der Waals surface area contributed by atoms with E-state index in [0.29, 0.717) is 16.1 Å². The average molecular weight is 327 g/mol. The molecule has 0 spiro atoms. The highest BCUT2D eigenvalue weighted by molar-refractivity contribution is 6.30. The van der Waals surface area contributed by atoms with E-state index in [1.807, 2.05) is 6.07 Å². The summed E-state index contributed by atoms with van der Waals surface area (Å²) >= 11 is 5.78. The normalized spacial score (nSPS) is 11.9. The smallest absolute Gasteiger partial charge is 0.244 e. The number of aliphatic hydroxyl groups is 1. The maximum Gasteiger partial charge on any atom is 0.244 e. The molecule has 0 bridgehead atoms.